The standard InChI is InChI=1S/C22H29N3O3/c1-4-27-19-11-9-17(10-12-19)20-8-6-14-25(20)22(26)24-15-18-7-5-13-23-21(18)28-16(2)3/h5,7,9-13,16,20H,4,6,8,14-15H2,1-3H3,(H,24,26). The van der Waals surface area contributed by atoms with Gasteiger partial charge in [0.05, 0.1) is 18.8 Å². The summed E-state index contributed by atoms with van der Waals surface area (Å²) in [6.07, 6.45) is 3.70. The molecule has 150 valence electrons. The number of nitrogens with zero attached hydrogens (tertiary/aromatic N) is 2. The molecule has 0 radical (unpaired) electrons. The van der Waals surface area contributed by atoms with Crippen LogP contribution in [0.5, 0.6) is 11.6 Å². The minimum atomic E-state index is -0.0595. The van der Waals surface area contributed by atoms with Crippen LogP contribution in [0.1, 0.15) is 50.8 Å². The summed E-state index contributed by atoms with van der Waals surface area (Å²) < 4.78 is 11.2. The highest BCUT2D eigenvalue weighted by molar-refractivity contribution is 5.75. The highest BCUT2D eigenvalue weighted by atomic mass is 16.5. The molecule has 3 rings (SSSR count). The van der Waals surface area contributed by atoms with E-state index in [-0.39, 0.29) is 18.2 Å². The van der Waals surface area contributed by atoms with Gasteiger partial charge >= 0.3 is 6.03 Å². The normalized spacial score (nSPS) is 16.3. The largest absolute Gasteiger partial charge is 0.494 e. The molecule has 0 aliphatic carbocycles. The zero-order chi connectivity index (χ0) is 19.9. The van der Waals surface area contributed by atoms with Crippen LogP contribution in [0.2, 0.25) is 0 Å². The highest BCUT2D eigenvalue weighted by Gasteiger charge is 2.30. The minimum absolute atomic E-state index is 0.0342. The smallest absolute Gasteiger partial charge is 0.318 e. The minimum Gasteiger partial charge on any atom is -0.494 e. The first-order chi connectivity index (χ1) is 13.6. The average Bonchev–Trinajstić information content (AvgIpc) is 3.17. The summed E-state index contributed by atoms with van der Waals surface area (Å²) in [4.78, 5) is 19.0. The lowest BCUT2D eigenvalue weighted by atomic mass is 10.0. The Morgan fingerprint density at radius 3 is 2.79 bits per heavy atom. The summed E-state index contributed by atoms with van der Waals surface area (Å²) in [6.45, 7) is 7.68. The number of ether oxygens (including phenoxy) is 2. The molecule has 2 heterocycles. The van der Waals surface area contributed by atoms with E-state index < -0.39 is 0 Å². The number of hydrogen-bond acceptors (Lipinski definition) is 4. The van der Waals surface area contributed by atoms with Gasteiger partial charge in [-0.05, 0) is 57.4 Å². The maximum absolute atomic E-state index is 12.8. The van der Waals surface area contributed by atoms with Gasteiger partial charge in [0, 0.05) is 24.8 Å². The molecule has 1 N–H and O–H groups in total. The molecule has 1 aliphatic rings. The van der Waals surface area contributed by atoms with E-state index in [1.807, 2.05) is 49.9 Å². The van der Waals surface area contributed by atoms with Crippen molar-refractivity contribution in [2.24, 2.45) is 0 Å². The second kappa shape index (κ2) is 9.44. The van der Waals surface area contributed by atoms with Crippen LogP contribution in [-0.2, 0) is 6.54 Å². The molecule has 1 aromatic carbocycles. The molecule has 1 saturated heterocycles. The Balaban J connectivity index is 1.64. The highest BCUT2D eigenvalue weighted by Crippen LogP contribution is 2.32. The Bertz CT molecular complexity index is 777. The monoisotopic (exact) mass is 383 g/mol. The SMILES string of the molecule is CCOc1ccc(C2CCCN2C(=O)NCc2cccnc2OC(C)C)cc1. The lowest BCUT2D eigenvalue weighted by Gasteiger charge is -2.25. The molecule has 6 nitrogen and oxygen atoms in total. The first kappa shape index (κ1) is 20.0. The molecule has 0 bridgehead atoms. The fourth-order valence-corrected chi connectivity index (χ4v) is 3.47. The van der Waals surface area contributed by atoms with Crippen LogP contribution >= 0.6 is 0 Å². The third-order valence-corrected chi connectivity index (χ3v) is 4.72. The molecule has 28 heavy (non-hydrogen) atoms. The number of nitrogens with one attached hydrogen (secondary N) is 1. The zero-order valence-corrected chi connectivity index (χ0v) is 16.9. The number of carbonyl (C=O) groups is 1. The number of benzene rings is 1. The topological polar surface area (TPSA) is 63.7 Å². The van der Waals surface area contributed by atoms with Crippen molar-refractivity contribution in [3.8, 4) is 11.6 Å². The first-order valence-corrected chi connectivity index (χ1v) is 9.96. The molecule has 1 fully saturated rings. The predicted molar refractivity (Wildman–Crippen MR) is 109 cm³/mol. The van der Waals surface area contributed by atoms with E-state index in [0.29, 0.717) is 19.0 Å². The third-order valence-electron chi connectivity index (χ3n) is 4.72. The summed E-state index contributed by atoms with van der Waals surface area (Å²) in [5, 5.41) is 3.03. The Labute approximate surface area is 166 Å². The van der Waals surface area contributed by atoms with Crippen LogP contribution in [0.25, 0.3) is 0 Å². The molecular formula is C22H29N3O3. The Morgan fingerprint density at radius 2 is 2.07 bits per heavy atom. The van der Waals surface area contributed by atoms with Crippen molar-refractivity contribution in [1.82, 2.24) is 15.2 Å². The van der Waals surface area contributed by atoms with Crippen molar-refractivity contribution in [3.63, 3.8) is 0 Å². The molecule has 6 heteroatoms. The van der Waals surface area contributed by atoms with E-state index in [0.717, 1.165) is 36.3 Å². The van der Waals surface area contributed by atoms with E-state index in [4.69, 9.17) is 9.47 Å². The van der Waals surface area contributed by atoms with E-state index >= 15 is 0 Å². The molecule has 1 aromatic heterocycles. The van der Waals surface area contributed by atoms with Gasteiger partial charge in [-0.15, -0.1) is 0 Å². The van der Waals surface area contributed by atoms with Crippen molar-refractivity contribution in [2.75, 3.05) is 13.2 Å². The van der Waals surface area contributed by atoms with Crippen LogP contribution in [0.3, 0.4) is 0 Å². The number of pyridine rings is 1. The average molecular weight is 383 g/mol. The van der Waals surface area contributed by atoms with Gasteiger partial charge in [-0.3, -0.25) is 0 Å². The van der Waals surface area contributed by atoms with Gasteiger partial charge in [-0.25, -0.2) is 9.78 Å². The van der Waals surface area contributed by atoms with E-state index in [1.165, 1.54) is 0 Å². The van der Waals surface area contributed by atoms with Gasteiger partial charge in [-0.1, -0.05) is 18.2 Å². The molecular weight excluding hydrogens is 354 g/mol. The Hall–Kier alpha value is -2.76. The molecule has 1 atom stereocenters. The van der Waals surface area contributed by atoms with Gasteiger partial charge < -0.3 is 19.7 Å². The first-order valence-electron chi connectivity index (χ1n) is 9.96. The van der Waals surface area contributed by atoms with Gasteiger partial charge in [0.15, 0.2) is 0 Å². The molecule has 2 aromatic rings. The van der Waals surface area contributed by atoms with E-state index in [1.54, 1.807) is 6.20 Å². The number of hydrogen-bond donors (Lipinski definition) is 1. The summed E-state index contributed by atoms with van der Waals surface area (Å²) in [5.41, 5.74) is 2.02. The quantitative estimate of drug-likeness (QED) is 0.774. The fraction of sp³-hybridized carbons (Fsp3) is 0.455. The lowest BCUT2D eigenvalue weighted by Crippen LogP contribution is -2.39. The summed E-state index contributed by atoms with van der Waals surface area (Å²) in [5.74, 6) is 1.43. The zero-order valence-electron chi connectivity index (χ0n) is 16.9. The van der Waals surface area contributed by atoms with Crippen molar-refractivity contribution in [3.05, 3.63) is 53.7 Å². The van der Waals surface area contributed by atoms with Crippen molar-refractivity contribution < 1.29 is 14.3 Å². The van der Waals surface area contributed by atoms with Gasteiger partial charge in [-0.2, -0.15) is 0 Å². The predicted octanol–water partition coefficient (Wildman–Crippen LogP) is 4.31. The molecule has 1 aliphatic heterocycles. The van der Waals surface area contributed by atoms with Crippen LogP contribution < -0.4 is 14.8 Å². The van der Waals surface area contributed by atoms with Gasteiger partial charge in [0.2, 0.25) is 5.88 Å². The second-order valence-corrected chi connectivity index (χ2v) is 7.15. The third kappa shape index (κ3) is 4.94. The number of aromatic nitrogens is 1. The van der Waals surface area contributed by atoms with E-state index in [9.17, 15) is 4.79 Å². The van der Waals surface area contributed by atoms with Crippen LogP contribution in [0, 0.1) is 0 Å². The maximum atomic E-state index is 12.8. The molecule has 0 saturated carbocycles. The molecule has 1 unspecified atom stereocenters. The Morgan fingerprint density at radius 1 is 1.29 bits per heavy atom. The van der Waals surface area contributed by atoms with Gasteiger partial charge in [0.1, 0.15) is 5.75 Å². The number of rotatable bonds is 7. The number of carbonyl (C=O) groups excluding carboxylic acids is 1. The van der Waals surface area contributed by atoms with Crippen molar-refractivity contribution in [2.45, 2.75) is 52.3 Å². The lowest BCUT2D eigenvalue weighted by molar-refractivity contribution is 0.192. The van der Waals surface area contributed by atoms with E-state index in [2.05, 4.69) is 22.4 Å². The summed E-state index contributed by atoms with van der Waals surface area (Å²) in [7, 11) is 0. The summed E-state index contributed by atoms with van der Waals surface area (Å²) in [6, 6.07) is 11.9. The number of urea groups is 1. The second-order valence-electron chi connectivity index (χ2n) is 7.15. The van der Waals surface area contributed by atoms with Crippen molar-refractivity contribution in [1.29, 1.82) is 0 Å². The van der Waals surface area contributed by atoms with Gasteiger partial charge in [0.25, 0.3) is 0 Å². The number of amides is 2. The summed E-state index contributed by atoms with van der Waals surface area (Å²) >= 11 is 0. The van der Waals surface area contributed by atoms with Crippen LogP contribution in [0.4, 0.5) is 4.79 Å². The van der Waals surface area contributed by atoms with Crippen LogP contribution in [-0.4, -0.2) is 35.2 Å². The van der Waals surface area contributed by atoms with Crippen LogP contribution in [0.15, 0.2) is 42.6 Å². The van der Waals surface area contributed by atoms with Crippen molar-refractivity contribution >= 4 is 6.03 Å². The Kier molecular flexibility index (Phi) is 6.74. The fourth-order valence-electron chi connectivity index (χ4n) is 3.47. The molecule has 0 spiro atoms. The number of likely N-dealkylation sites (tertiary alicyclic amines) is 1. The molecule has 2 amide bonds. The maximum Gasteiger partial charge on any atom is 0.318 e.